The standard InChI is InChI=1S/C10H19N3O4/c1-4-11-7(14)5-12-10(17)13-8(6(2)3)9(15)16/h6,8H,4-5H2,1-3H3,(H,11,14)(H,15,16)(H2,12,13,17)/t8-/m0/s1. The zero-order chi connectivity index (χ0) is 13.4. The minimum atomic E-state index is -1.10. The number of hydrogen-bond acceptors (Lipinski definition) is 3. The van der Waals surface area contributed by atoms with Gasteiger partial charge < -0.3 is 21.1 Å². The maximum Gasteiger partial charge on any atom is 0.326 e. The van der Waals surface area contributed by atoms with Crippen molar-refractivity contribution in [1.29, 1.82) is 0 Å². The van der Waals surface area contributed by atoms with Gasteiger partial charge in [-0.15, -0.1) is 0 Å². The Morgan fingerprint density at radius 2 is 1.76 bits per heavy atom. The Balaban J connectivity index is 4.07. The van der Waals surface area contributed by atoms with Crippen LogP contribution in [0.5, 0.6) is 0 Å². The number of rotatable bonds is 6. The molecular formula is C10H19N3O4. The van der Waals surface area contributed by atoms with Crippen LogP contribution in [0.1, 0.15) is 20.8 Å². The Kier molecular flexibility index (Phi) is 6.69. The zero-order valence-corrected chi connectivity index (χ0v) is 10.2. The molecular weight excluding hydrogens is 226 g/mol. The molecule has 0 aromatic rings. The third-order valence-electron chi connectivity index (χ3n) is 2.00. The molecule has 0 aliphatic carbocycles. The molecule has 0 saturated heterocycles. The molecule has 7 heteroatoms. The van der Waals surface area contributed by atoms with Gasteiger partial charge in [0.05, 0.1) is 6.54 Å². The van der Waals surface area contributed by atoms with E-state index in [0.717, 1.165) is 0 Å². The number of carboxylic acids is 1. The molecule has 0 radical (unpaired) electrons. The van der Waals surface area contributed by atoms with Crippen LogP contribution in [0.3, 0.4) is 0 Å². The summed E-state index contributed by atoms with van der Waals surface area (Å²) in [5, 5.41) is 15.9. The van der Waals surface area contributed by atoms with Crippen molar-refractivity contribution in [1.82, 2.24) is 16.0 Å². The third-order valence-corrected chi connectivity index (χ3v) is 2.00. The van der Waals surface area contributed by atoms with E-state index < -0.39 is 18.0 Å². The molecule has 0 aromatic heterocycles. The van der Waals surface area contributed by atoms with Gasteiger partial charge in [-0.1, -0.05) is 13.8 Å². The molecule has 98 valence electrons. The second-order valence-electron chi connectivity index (χ2n) is 3.84. The summed E-state index contributed by atoms with van der Waals surface area (Å²) in [7, 11) is 0. The van der Waals surface area contributed by atoms with E-state index in [0.29, 0.717) is 6.54 Å². The zero-order valence-electron chi connectivity index (χ0n) is 10.2. The second-order valence-corrected chi connectivity index (χ2v) is 3.84. The van der Waals surface area contributed by atoms with Crippen molar-refractivity contribution in [3.05, 3.63) is 0 Å². The molecule has 0 aliphatic heterocycles. The molecule has 0 bridgehead atoms. The third kappa shape index (κ3) is 6.39. The molecule has 0 fully saturated rings. The van der Waals surface area contributed by atoms with Crippen molar-refractivity contribution in [2.24, 2.45) is 5.92 Å². The van der Waals surface area contributed by atoms with Crippen LogP contribution in [-0.4, -0.2) is 42.1 Å². The van der Waals surface area contributed by atoms with E-state index in [1.165, 1.54) is 0 Å². The monoisotopic (exact) mass is 245 g/mol. The van der Waals surface area contributed by atoms with Crippen molar-refractivity contribution in [2.75, 3.05) is 13.1 Å². The van der Waals surface area contributed by atoms with Gasteiger partial charge in [0.15, 0.2) is 0 Å². The first kappa shape index (κ1) is 15.2. The summed E-state index contributed by atoms with van der Waals surface area (Å²) in [5.41, 5.74) is 0. The van der Waals surface area contributed by atoms with E-state index in [1.807, 2.05) is 0 Å². The first-order chi connectivity index (χ1) is 7.88. The molecule has 1 atom stereocenters. The summed E-state index contributed by atoms with van der Waals surface area (Å²) in [6.07, 6.45) is 0. The van der Waals surface area contributed by atoms with Gasteiger partial charge in [-0.05, 0) is 12.8 Å². The SMILES string of the molecule is CCNC(=O)CNC(=O)N[C@H](C(=O)O)C(C)C. The second kappa shape index (κ2) is 7.48. The number of urea groups is 1. The fraction of sp³-hybridized carbons (Fsp3) is 0.700. The van der Waals surface area contributed by atoms with Crippen molar-refractivity contribution < 1.29 is 19.5 Å². The number of carbonyl (C=O) groups is 3. The van der Waals surface area contributed by atoms with E-state index in [4.69, 9.17) is 5.11 Å². The van der Waals surface area contributed by atoms with Gasteiger partial charge in [0.1, 0.15) is 6.04 Å². The number of nitrogens with one attached hydrogen (secondary N) is 3. The van der Waals surface area contributed by atoms with Crippen molar-refractivity contribution in [3.63, 3.8) is 0 Å². The minimum Gasteiger partial charge on any atom is -0.480 e. The Labute approximate surface area is 100.0 Å². The fourth-order valence-corrected chi connectivity index (χ4v) is 1.13. The molecule has 0 aliphatic rings. The molecule has 17 heavy (non-hydrogen) atoms. The van der Waals surface area contributed by atoms with Crippen LogP contribution in [0.2, 0.25) is 0 Å². The van der Waals surface area contributed by atoms with Gasteiger partial charge in [-0.3, -0.25) is 4.79 Å². The molecule has 0 saturated carbocycles. The highest BCUT2D eigenvalue weighted by Crippen LogP contribution is 2.00. The van der Waals surface area contributed by atoms with E-state index in [1.54, 1.807) is 20.8 Å². The number of aliphatic carboxylic acids is 1. The van der Waals surface area contributed by atoms with Gasteiger partial charge in [0.25, 0.3) is 0 Å². The van der Waals surface area contributed by atoms with Crippen LogP contribution in [0.15, 0.2) is 0 Å². The van der Waals surface area contributed by atoms with Crippen LogP contribution in [0.4, 0.5) is 4.79 Å². The summed E-state index contributed by atoms with van der Waals surface area (Å²) in [6.45, 7) is 5.43. The van der Waals surface area contributed by atoms with E-state index in [9.17, 15) is 14.4 Å². The summed E-state index contributed by atoms with van der Waals surface area (Å²) in [6, 6.07) is -1.64. The molecule has 7 nitrogen and oxygen atoms in total. The largest absolute Gasteiger partial charge is 0.480 e. The lowest BCUT2D eigenvalue weighted by molar-refractivity contribution is -0.140. The Morgan fingerprint density at radius 3 is 2.18 bits per heavy atom. The van der Waals surface area contributed by atoms with Crippen LogP contribution in [0.25, 0.3) is 0 Å². The van der Waals surface area contributed by atoms with E-state index in [-0.39, 0.29) is 18.4 Å². The lowest BCUT2D eigenvalue weighted by Crippen LogP contribution is -2.50. The number of carboxylic acid groups (broad SMARTS) is 1. The number of hydrogen-bond donors (Lipinski definition) is 4. The van der Waals surface area contributed by atoms with Crippen molar-refractivity contribution in [2.45, 2.75) is 26.8 Å². The van der Waals surface area contributed by atoms with Crippen LogP contribution in [0, 0.1) is 5.92 Å². The Bertz CT molecular complexity index is 291. The number of carbonyl (C=O) groups excluding carboxylic acids is 2. The Hall–Kier alpha value is -1.79. The van der Waals surface area contributed by atoms with Crippen molar-refractivity contribution in [3.8, 4) is 0 Å². The number of likely N-dealkylation sites (N-methyl/N-ethyl adjacent to an activating group) is 1. The fourth-order valence-electron chi connectivity index (χ4n) is 1.13. The number of amides is 3. The highest BCUT2D eigenvalue weighted by molar-refractivity contribution is 5.86. The highest BCUT2D eigenvalue weighted by atomic mass is 16.4. The van der Waals surface area contributed by atoms with Crippen LogP contribution in [-0.2, 0) is 9.59 Å². The maximum absolute atomic E-state index is 11.3. The summed E-state index contributed by atoms with van der Waals surface area (Å²) in [4.78, 5) is 33.1. The minimum absolute atomic E-state index is 0.176. The van der Waals surface area contributed by atoms with Gasteiger partial charge in [0.2, 0.25) is 5.91 Å². The predicted molar refractivity (Wildman–Crippen MR) is 61.5 cm³/mol. The van der Waals surface area contributed by atoms with Crippen molar-refractivity contribution >= 4 is 17.9 Å². The molecule has 0 aromatic carbocycles. The van der Waals surface area contributed by atoms with Gasteiger partial charge >= 0.3 is 12.0 Å². The molecule has 3 amide bonds. The molecule has 0 rings (SSSR count). The van der Waals surface area contributed by atoms with Gasteiger partial charge in [0, 0.05) is 6.54 Å². The maximum atomic E-state index is 11.3. The molecule has 0 heterocycles. The highest BCUT2D eigenvalue weighted by Gasteiger charge is 2.23. The summed E-state index contributed by atoms with van der Waals surface area (Å²) in [5.74, 6) is -1.66. The first-order valence-electron chi connectivity index (χ1n) is 5.42. The van der Waals surface area contributed by atoms with E-state index >= 15 is 0 Å². The normalized spacial score (nSPS) is 11.8. The lowest BCUT2D eigenvalue weighted by atomic mass is 10.1. The molecule has 0 spiro atoms. The summed E-state index contributed by atoms with van der Waals surface area (Å²) < 4.78 is 0. The predicted octanol–water partition coefficient (Wildman–Crippen LogP) is -0.469. The quantitative estimate of drug-likeness (QED) is 0.507. The van der Waals surface area contributed by atoms with Crippen LogP contribution >= 0.6 is 0 Å². The summed E-state index contributed by atoms with van der Waals surface area (Å²) >= 11 is 0. The average molecular weight is 245 g/mol. The molecule has 4 N–H and O–H groups in total. The smallest absolute Gasteiger partial charge is 0.326 e. The van der Waals surface area contributed by atoms with Gasteiger partial charge in [-0.25, -0.2) is 9.59 Å². The molecule has 0 unspecified atom stereocenters. The van der Waals surface area contributed by atoms with E-state index in [2.05, 4.69) is 16.0 Å². The topological polar surface area (TPSA) is 108 Å². The lowest BCUT2D eigenvalue weighted by Gasteiger charge is -2.18. The Morgan fingerprint density at radius 1 is 1.18 bits per heavy atom. The average Bonchev–Trinajstić information content (AvgIpc) is 2.22. The van der Waals surface area contributed by atoms with Gasteiger partial charge in [-0.2, -0.15) is 0 Å². The van der Waals surface area contributed by atoms with Crippen LogP contribution < -0.4 is 16.0 Å². The first-order valence-corrected chi connectivity index (χ1v) is 5.42.